The Bertz CT molecular complexity index is 1660. The lowest BCUT2D eigenvalue weighted by atomic mass is 9.97. The lowest BCUT2D eigenvalue weighted by Crippen LogP contribution is -2.16. The number of halogens is 1. The Morgan fingerprint density at radius 2 is 1.84 bits per heavy atom. The van der Waals surface area contributed by atoms with E-state index in [2.05, 4.69) is 16.4 Å². The number of pyridine rings is 1. The number of nitriles is 1. The van der Waals surface area contributed by atoms with Crippen LogP contribution in [-0.4, -0.2) is 21.4 Å². The molecule has 0 aliphatic rings. The molecule has 4 rings (SSSR count). The molecule has 0 spiro atoms. The van der Waals surface area contributed by atoms with Gasteiger partial charge in [-0.15, -0.1) is 0 Å². The van der Waals surface area contributed by atoms with E-state index < -0.39 is 21.5 Å². The van der Waals surface area contributed by atoms with Crippen LogP contribution in [0.15, 0.2) is 77.8 Å². The molecule has 0 saturated carbocycles. The number of amides is 1. The molecule has 186 valence electrons. The Labute approximate surface area is 214 Å². The highest BCUT2D eigenvalue weighted by atomic mass is 32.2. The Morgan fingerprint density at radius 1 is 1.11 bits per heavy atom. The number of hydrogen-bond acceptors (Lipinski definition) is 6. The second kappa shape index (κ2) is 10.2. The van der Waals surface area contributed by atoms with Crippen LogP contribution in [0, 0.1) is 35.8 Å². The normalized spacial score (nSPS) is 12.3. The van der Waals surface area contributed by atoms with Crippen LogP contribution in [-0.2, 0) is 9.73 Å². The fraction of sp³-hybridized carbons (Fsp3) is 0.107. The van der Waals surface area contributed by atoms with Crippen molar-refractivity contribution in [2.75, 3.05) is 11.6 Å². The summed E-state index contributed by atoms with van der Waals surface area (Å²) in [5.41, 5.74) is 3.53. The Morgan fingerprint density at radius 3 is 2.49 bits per heavy atom. The third-order valence-electron chi connectivity index (χ3n) is 5.74. The fourth-order valence-corrected chi connectivity index (χ4v) is 4.47. The van der Waals surface area contributed by atoms with Gasteiger partial charge in [0.1, 0.15) is 17.1 Å². The van der Waals surface area contributed by atoms with Gasteiger partial charge in [0.15, 0.2) is 0 Å². The number of anilines is 1. The second-order valence-electron chi connectivity index (χ2n) is 8.50. The van der Waals surface area contributed by atoms with Gasteiger partial charge in [0.2, 0.25) is 5.88 Å². The molecule has 2 N–H and O–H groups in total. The number of hydrogen-bond donors (Lipinski definition) is 2. The second-order valence-corrected chi connectivity index (χ2v) is 10.7. The molecule has 0 aliphatic carbocycles. The third kappa shape index (κ3) is 5.66. The number of carbonyl (C=O) groups excluding carboxylic acids is 1. The lowest BCUT2D eigenvalue weighted by molar-refractivity contribution is 0.102. The maximum Gasteiger partial charge on any atom is 0.261 e. The molecule has 1 aromatic heterocycles. The van der Waals surface area contributed by atoms with Gasteiger partial charge < -0.3 is 10.1 Å². The topological polar surface area (TPSA) is 116 Å². The van der Waals surface area contributed by atoms with Crippen LogP contribution in [0.3, 0.4) is 0 Å². The summed E-state index contributed by atoms with van der Waals surface area (Å²) in [6.07, 6.45) is 2.88. The molecule has 9 heteroatoms. The van der Waals surface area contributed by atoms with E-state index in [-0.39, 0.29) is 16.3 Å². The zero-order valence-corrected chi connectivity index (χ0v) is 21.2. The van der Waals surface area contributed by atoms with Crippen LogP contribution in [0.2, 0.25) is 0 Å². The summed E-state index contributed by atoms with van der Waals surface area (Å²) in [6, 6.07) is 19.3. The molecule has 4 aromatic rings. The smallest absolute Gasteiger partial charge is 0.261 e. The first-order chi connectivity index (χ1) is 17.6. The van der Waals surface area contributed by atoms with Crippen molar-refractivity contribution in [3.63, 3.8) is 0 Å². The first-order valence-electron chi connectivity index (χ1n) is 11.2. The van der Waals surface area contributed by atoms with Crippen LogP contribution in [0.1, 0.15) is 27.0 Å². The number of rotatable bonds is 6. The van der Waals surface area contributed by atoms with Crippen LogP contribution >= 0.6 is 0 Å². The maximum absolute atomic E-state index is 13.6. The SMILES string of the molecule is Cc1cc(F)ccc1Oc1ncc(-c2ccc(C#N)cc2)c(C)c1C(=O)Nc1cccc([S@](C)(=N)=O)c1. The zero-order valence-electron chi connectivity index (χ0n) is 20.3. The first-order valence-corrected chi connectivity index (χ1v) is 13.1. The van der Waals surface area contributed by atoms with Gasteiger partial charge >= 0.3 is 0 Å². The minimum Gasteiger partial charge on any atom is -0.438 e. The number of nitrogens with one attached hydrogen (secondary N) is 2. The predicted octanol–water partition coefficient (Wildman–Crippen LogP) is 6.46. The van der Waals surface area contributed by atoms with E-state index >= 15 is 0 Å². The number of benzene rings is 3. The van der Waals surface area contributed by atoms with Crippen LogP contribution in [0.25, 0.3) is 11.1 Å². The minimum absolute atomic E-state index is 0.0260. The molecule has 0 bridgehead atoms. The number of nitrogens with zero attached hydrogens (tertiary/aromatic N) is 2. The highest BCUT2D eigenvalue weighted by Gasteiger charge is 2.22. The first kappa shape index (κ1) is 25.5. The fourth-order valence-electron chi connectivity index (χ4n) is 3.78. The Hall–Kier alpha value is -4.55. The summed E-state index contributed by atoms with van der Waals surface area (Å²) in [4.78, 5) is 18.3. The molecule has 0 aliphatic heterocycles. The molecule has 0 unspecified atom stereocenters. The van der Waals surface area contributed by atoms with Gasteiger partial charge in [-0.25, -0.2) is 18.4 Å². The van der Waals surface area contributed by atoms with Crippen LogP contribution < -0.4 is 10.1 Å². The average Bonchev–Trinajstić information content (AvgIpc) is 2.85. The molecule has 0 saturated heterocycles. The van der Waals surface area contributed by atoms with E-state index in [4.69, 9.17) is 14.8 Å². The van der Waals surface area contributed by atoms with Crippen molar-refractivity contribution in [1.82, 2.24) is 4.98 Å². The highest BCUT2D eigenvalue weighted by Crippen LogP contribution is 2.34. The maximum atomic E-state index is 13.6. The monoisotopic (exact) mass is 514 g/mol. The zero-order chi connectivity index (χ0) is 26.7. The summed E-state index contributed by atoms with van der Waals surface area (Å²) in [6.45, 7) is 3.44. The van der Waals surface area contributed by atoms with Gasteiger partial charge in [0.05, 0.1) is 21.4 Å². The number of carbonyl (C=O) groups is 1. The third-order valence-corrected chi connectivity index (χ3v) is 6.89. The van der Waals surface area contributed by atoms with Crippen LogP contribution in [0.4, 0.5) is 10.1 Å². The quantitative estimate of drug-likeness (QED) is 0.306. The van der Waals surface area contributed by atoms with Crippen molar-refractivity contribution in [2.24, 2.45) is 0 Å². The largest absolute Gasteiger partial charge is 0.438 e. The van der Waals surface area contributed by atoms with Crippen molar-refractivity contribution in [2.45, 2.75) is 18.7 Å². The van der Waals surface area contributed by atoms with Crippen molar-refractivity contribution in [3.05, 3.63) is 101 Å². The van der Waals surface area contributed by atoms with Crippen molar-refractivity contribution in [1.29, 1.82) is 10.0 Å². The highest BCUT2D eigenvalue weighted by molar-refractivity contribution is 7.91. The molecule has 7 nitrogen and oxygen atoms in total. The van der Waals surface area contributed by atoms with Crippen LogP contribution in [0.5, 0.6) is 11.6 Å². The van der Waals surface area contributed by atoms with E-state index in [1.807, 2.05) is 0 Å². The Kier molecular flexibility index (Phi) is 7.05. The van der Waals surface area contributed by atoms with Crippen molar-refractivity contribution >= 4 is 21.3 Å². The summed E-state index contributed by atoms with van der Waals surface area (Å²) in [7, 11) is -2.98. The summed E-state index contributed by atoms with van der Waals surface area (Å²) in [5, 5.41) is 11.9. The predicted molar refractivity (Wildman–Crippen MR) is 140 cm³/mol. The van der Waals surface area contributed by atoms with Gasteiger partial charge in [-0.1, -0.05) is 18.2 Å². The average molecular weight is 515 g/mol. The number of ether oxygens (including phenoxy) is 1. The van der Waals surface area contributed by atoms with Gasteiger partial charge in [0, 0.05) is 28.6 Å². The number of aryl methyl sites for hydroxylation is 1. The molecule has 3 aromatic carbocycles. The van der Waals surface area contributed by atoms with E-state index in [0.29, 0.717) is 33.7 Å². The van der Waals surface area contributed by atoms with Gasteiger partial charge in [-0.2, -0.15) is 5.26 Å². The van der Waals surface area contributed by atoms with Gasteiger partial charge in [-0.3, -0.25) is 4.79 Å². The summed E-state index contributed by atoms with van der Waals surface area (Å²) < 4.78 is 39.6. The van der Waals surface area contributed by atoms with Gasteiger partial charge in [-0.05, 0) is 79.1 Å². The standard InChI is InChI=1S/C28H23FN4O3S/c1-17-13-21(29)11-12-25(17)36-28-26(27(34)33-22-5-4-6-23(14-22)37(3,31)35)18(2)24(16-32-28)20-9-7-19(15-30)8-10-20/h4-14,16,31H,1-3H3,(H,33,34)/t37-/m1/s1. The molecular formula is C28H23FN4O3S. The molecular weight excluding hydrogens is 491 g/mol. The lowest BCUT2D eigenvalue weighted by Gasteiger charge is -2.17. The van der Waals surface area contributed by atoms with E-state index in [1.54, 1.807) is 62.5 Å². The Balaban J connectivity index is 1.80. The minimum atomic E-state index is -2.98. The van der Waals surface area contributed by atoms with Crippen molar-refractivity contribution in [3.8, 4) is 28.8 Å². The number of aromatic nitrogens is 1. The summed E-state index contributed by atoms with van der Waals surface area (Å²) >= 11 is 0. The summed E-state index contributed by atoms with van der Waals surface area (Å²) in [5.74, 6) is -0.571. The molecule has 1 atom stereocenters. The molecule has 1 heterocycles. The molecule has 0 fully saturated rings. The van der Waals surface area contributed by atoms with Crippen molar-refractivity contribution < 1.29 is 18.1 Å². The van der Waals surface area contributed by atoms with E-state index in [0.717, 1.165) is 5.56 Å². The van der Waals surface area contributed by atoms with E-state index in [9.17, 15) is 13.4 Å². The molecule has 0 radical (unpaired) electrons. The molecule has 37 heavy (non-hydrogen) atoms. The van der Waals surface area contributed by atoms with E-state index in [1.165, 1.54) is 30.5 Å². The van der Waals surface area contributed by atoms with Gasteiger partial charge in [0.25, 0.3) is 5.91 Å². The molecule has 1 amide bonds.